The van der Waals surface area contributed by atoms with Crippen molar-refractivity contribution in [3.05, 3.63) is 70.1 Å². The van der Waals surface area contributed by atoms with Crippen LogP contribution in [0.2, 0.25) is 0 Å². The van der Waals surface area contributed by atoms with Crippen LogP contribution < -0.4 is 10.5 Å². The molecule has 4 nitrogen and oxygen atoms in total. The van der Waals surface area contributed by atoms with Gasteiger partial charge in [0.2, 0.25) is 0 Å². The van der Waals surface area contributed by atoms with E-state index in [1.54, 1.807) is 11.3 Å². The number of nitrogens with zero attached hydrogens (tertiary/aromatic N) is 2. The molecule has 176 valence electrons. The Morgan fingerprint density at radius 2 is 1.71 bits per heavy atom. The second-order valence-corrected chi connectivity index (χ2v) is 12.4. The molecule has 7 rings (SSSR count). The van der Waals surface area contributed by atoms with Crippen molar-refractivity contribution < 1.29 is 4.42 Å². The molecule has 0 radical (unpaired) electrons. The molecule has 0 amide bonds. The van der Waals surface area contributed by atoms with Gasteiger partial charge in [-0.15, -0.1) is 11.3 Å². The van der Waals surface area contributed by atoms with Crippen LogP contribution in [0.25, 0.3) is 42.5 Å². The minimum Gasteiger partial charge on any atom is -0.422 e. The molecule has 4 heterocycles. The highest BCUT2D eigenvalue weighted by Crippen LogP contribution is 2.51. The van der Waals surface area contributed by atoms with Crippen molar-refractivity contribution in [2.24, 2.45) is 0 Å². The maximum absolute atomic E-state index is 13.4. The number of fused-ring (bicyclic) bond motifs is 5. The maximum atomic E-state index is 13.4. The van der Waals surface area contributed by atoms with Crippen LogP contribution in [-0.4, -0.2) is 18.1 Å². The first-order valence-electron chi connectivity index (χ1n) is 12.4. The summed E-state index contributed by atoms with van der Waals surface area (Å²) in [6, 6.07) is 16.8. The van der Waals surface area contributed by atoms with Crippen LogP contribution in [0, 0.1) is 0 Å². The zero-order valence-corrected chi connectivity index (χ0v) is 21.4. The van der Waals surface area contributed by atoms with Gasteiger partial charge in [0, 0.05) is 35.1 Å². The summed E-state index contributed by atoms with van der Waals surface area (Å²) < 4.78 is 7.30. The number of anilines is 1. The highest BCUT2D eigenvalue weighted by Gasteiger charge is 2.42. The Balaban J connectivity index is 1.52. The Bertz CT molecular complexity index is 1740. The number of aromatic nitrogens is 1. The lowest BCUT2D eigenvalue weighted by Crippen LogP contribution is -2.44. The van der Waals surface area contributed by atoms with Gasteiger partial charge in [-0.25, -0.2) is 9.78 Å². The third kappa shape index (κ3) is 2.97. The third-order valence-corrected chi connectivity index (χ3v) is 9.38. The minimum atomic E-state index is -0.306. The van der Waals surface area contributed by atoms with E-state index in [2.05, 4.69) is 56.9 Å². The molecule has 5 aromatic rings. The van der Waals surface area contributed by atoms with Gasteiger partial charge >= 0.3 is 5.63 Å². The Labute approximate surface area is 208 Å². The van der Waals surface area contributed by atoms with E-state index in [1.165, 1.54) is 27.6 Å². The van der Waals surface area contributed by atoms with Crippen molar-refractivity contribution in [3.8, 4) is 10.6 Å². The van der Waals surface area contributed by atoms with Gasteiger partial charge in [0.1, 0.15) is 10.6 Å². The maximum Gasteiger partial charge on any atom is 0.346 e. The first-order chi connectivity index (χ1) is 16.7. The topological polar surface area (TPSA) is 46.3 Å². The average molecular weight is 481 g/mol. The molecule has 3 aromatic carbocycles. The number of benzene rings is 3. The summed E-state index contributed by atoms with van der Waals surface area (Å²) in [6.45, 7) is 11.4. The monoisotopic (exact) mass is 480 g/mol. The third-order valence-electron chi connectivity index (χ3n) is 8.24. The summed E-state index contributed by atoms with van der Waals surface area (Å²) in [7, 11) is 0. The molecule has 2 aliphatic rings. The molecule has 0 N–H and O–H groups in total. The lowest BCUT2D eigenvalue weighted by Gasteiger charge is -2.48. The van der Waals surface area contributed by atoms with Gasteiger partial charge in [-0.2, -0.15) is 0 Å². The summed E-state index contributed by atoms with van der Waals surface area (Å²) in [5.41, 5.74) is 5.80. The van der Waals surface area contributed by atoms with Crippen LogP contribution in [0.3, 0.4) is 0 Å². The molecular formula is C30H28N2O2S. The largest absolute Gasteiger partial charge is 0.422 e. The van der Waals surface area contributed by atoms with Crippen molar-refractivity contribution in [1.82, 2.24) is 4.98 Å². The van der Waals surface area contributed by atoms with Gasteiger partial charge in [-0.1, -0.05) is 58.0 Å². The summed E-state index contributed by atoms with van der Waals surface area (Å²) in [6.07, 6.45) is 2.18. The first kappa shape index (κ1) is 21.1. The van der Waals surface area contributed by atoms with E-state index in [1.807, 2.05) is 24.3 Å². The van der Waals surface area contributed by atoms with Crippen molar-refractivity contribution in [2.45, 2.75) is 51.4 Å². The van der Waals surface area contributed by atoms with Crippen molar-refractivity contribution >= 4 is 49.0 Å². The van der Waals surface area contributed by atoms with E-state index < -0.39 is 0 Å². The molecule has 2 aromatic heterocycles. The lowest BCUT2D eigenvalue weighted by molar-refractivity contribution is 0.398. The highest BCUT2D eigenvalue weighted by atomic mass is 32.1. The molecule has 0 fully saturated rings. The number of hydrogen-bond acceptors (Lipinski definition) is 5. The van der Waals surface area contributed by atoms with E-state index in [0.717, 1.165) is 52.1 Å². The molecule has 0 unspecified atom stereocenters. The number of rotatable bonds is 1. The highest BCUT2D eigenvalue weighted by molar-refractivity contribution is 7.22. The average Bonchev–Trinajstić information content (AvgIpc) is 3.26. The van der Waals surface area contributed by atoms with Crippen LogP contribution in [0.5, 0.6) is 0 Å². The smallest absolute Gasteiger partial charge is 0.346 e. The lowest BCUT2D eigenvalue weighted by atomic mass is 9.69. The molecule has 0 atom stereocenters. The Morgan fingerprint density at radius 1 is 0.943 bits per heavy atom. The van der Waals surface area contributed by atoms with Gasteiger partial charge in [0.05, 0.1) is 15.8 Å². The van der Waals surface area contributed by atoms with Gasteiger partial charge < -0.3 is 9.32 Å². The van der Waals surface area contributed by atoms with Gasteiger partial charge in [0.25, 0.3) is 0 Å². The standard InChI is InChI=1S/C30H28N2O2S/c1-29(2)11-13-32-14-12-30(3,4)23-24(32)21(29)16-18-15-20(28(33)34-25(18)23)27-31-22-10-9-17-7-5-6-8-19(17)26(22)35-27/h5-10,15-16H,11-14H2,1-4H3. The molecule has 0 saturated carbocycles. The van der Waals surface area contributed by atoms with Crippen molar-refractivity contribution in [3.63, 3.8) is 0 Å². The van der Waals surface area contributed by atoms with Crippen LogP contribution in [0.1, 0.15) is 51.7 Å². The number of thiazole rings is 1. The molecule has 35 heavy (non-hydrogen) atoms. The first-order valence-corrected chi connectivity index (χ1v) is 13.2. The van der Waals surface area contributed by atoms with Crippen molar-refractivity contribution in [2.75, 3.05) is 18.0 Å². The van der Waals surface area contributed by atoms with E-state index in [0.29, 0.717) is 5.56 Å². The Hall–Kier alpha value is -3.18. The van der Waals surface area contributed by atoms with Gasteiger partial charge in [-0.3, -0.25) is 0 Å². The summed E-state index contributed by atoms with van der Waals surface area (Å²) >= 11 is 1.57. The van der Waals surface area contributed by atoms with Crippen LogP contribution >= 0.6 is 11.3 Å². The van der Waals surface area contributed by atoms with E-state index >= 15 is 0 Å². The fraction of sp³-hybridized carbons (Fsp3) is 0.333. The SMILES string of the molecule is CC1(C)CCN2CCC(C)(C)c3c2c1cc1cc(-c2nc4ccc5ccccc5c4s2)c(=O)oc31. The fourth-order valence-corrected chi connectivity index (χ4v) is 7.18. The van der Waals surface area contributed by atoms with E-state index in [-0.39, 0.29) is 16.5 Å². The second-order valence-electron chi connectivity index (χ2n) is 11.4. The van der Waals surface area contributed by atoms with Gasteiger partial charge in [0.15, 0.2) is 0 Å². The Kier molecular flexibility index (Phi) is 4.19. The quantitative estimate of drug-likeness (QED) is 0.235. The molecule has 5 heteroatoms. The van der Waals surface area contributed by atoms with Gasteiger partial charge in [-0.05, 0) is 52.8 Å². The van der Waals surface area contributed by atoms with Crippen molar-refractivity contribution in [1.29, 1.82) is 0 Å². The molecule has 0 aliphatic carbocycles. The predicted octanol–water partition coefficient (Wildman–Crippen LogP) is 7.39. The minimum absolute atomic E-state index is 0.0558. The normalized spacial score (nSPS) is 18.3. The van der Waals surface area contributed by atoms with Crippen LogP contribution in [0.15, 0.2) is 57.7 Å². The molecular weight excluding hydrogens is 452 g/mol. The molecule has 2 aliphatic heterocycles. The van der Waals surface area contributed by atoms with Crippen LogP contribution in [-0.2, 0) is 10.8 Å². The molecule has 0 bridgehead atoms. The molecule has 0 saturated heterocycles. The fourth-order valence-electron chi connectivity index (χ4n) is 6.07. The van der Waals surface area contributed by atoms with E-state index in [4.69, 9.17) is 9.40 Å². The summed E-state index contributed by atoms with van der Waals surface area (Å²) in [4.78, 5) is 20.8. The van der Waals surface area contributed by atoms with E-state index in [9.17, 15) is 4.79 Å². The zero-order valence-electron chi connectivity index (χ0n) is 20.6. The summed E-state index contributed by atoms with van der Waals surface area (Å²) in [5.74, 6) is 0. The zero-order chi connectivity index (χ0) is 24.1. The molecule has 0 spiro atoms. The van der Waals surface area contributed by atoms with Crippen LogP contribution in [0.4, 0.5) is 5.69 Å². The second kappa shape index (κ2) is 6.94. The Morgan fingerprint density at radius 3 is 2.54 bits per heavy atom. The predicted molar refractivity (Wildman–Crippen MR) is 146 cm³/mol. The summed E-state index contributed by atoms with van der Waals surface area (Å²) in [5, 5.41) is 4.07. The number of hydrogen-bond donors (Lipinski definition) is 0.